The number of rotatable bonds is 5. The first-order valence-electron chi connectivity index (χ1n) is 7.04. The van der Waals surface area contributed by atoms with Crippen LogP contribution in [0.25, 0.3) is 0 Å². The number of nitrogens with zero attached hydrogens (tertiary/aromatic N) is 2. The molecule has 0 radical (unpaired) electrons. The van der Waals surface area contributed by atoms with Crippen molar-refractivity contribution >= 4 is 34.8 Å². The number of hydrogen-bond acceptors (Lipinski definition) is 5. The molecule has 6 nitrogen and oxygen atoms in total. The molecule has 1 saturated heterocycles. The van der Waals surface area contributed by atoms with Gasteiger partial charge in [0, 0.05) is 26.2 Å². The van der Waals surface area contributed by atoms with Gasteiger partial charge in [-0.3, -0.25) is 0 Å². The molecule has 0 atom stereocenters. The third-order valence-electron chi connectivity index (χ3n) is 3.74. The zero-order valence-electron chi connectivity index (χ0n) is 13.4. The van der Waals surface area contributed by atoms with Crippen LogP contribution in [0.1, 0.15) is 5.56 Å². The zero-order chi connectivity index (χ0) is 15.5. The summed E-state index contributed by atoms with van der Waals surface area (Å²) in [6.45, 7) is 2.97. The van der Waals surface area contributed by atoms with Crippen LogP contribution in [0, 0.1) is 0 Å². The van der Waals surface area contributed by atoms with Gasteiger partial charge in [0.1, 0.15) is 10.6 Å². The first kappa shape index (κ1) is 22.4. The van der Waals surface area contributed by atoms with Crippen LogP contribution in [0.4, 0.5) is 0 Å². The van der Waals surface area contributed by atoms with Gasteiger partial charge in [-0.25, -0.2) is 8.42 Å². The second kappa shape index (κ2) is 9.66. The molecule has 9 heteroatoms. The number of likely N-dealkylation sites (N-methyl/N-ethyl adjacent to an activating group) is 1. The van der Waals surface area contributed by atoms with Crippen LogP contribution in [-0.4, -0.2) is 64.5 Å². The van der Waals surface area contributed by atoms with Gasteiger partial charge in [0.2, 0.25) is 10.0 Å². The maximum Gasteiger partial charge on any atom is 0.246 e. The normalized spacial score (nSPS) is 16.3. The Morgan fingerprint density at radius 2 is 1.78 bits per heavy atom. The van der Waals surface area contributed by atoms with Crippen LogP contribution in [0.15, 0.2) is 23.1 Å². The maximum atomic E-state index is 12.8. The Bertz CT molecular complexity index is 591. The third-order valence-corrected chi connectivity index (χ3v) is 5.66. The average Bonchev–Trinajstić information content (AvgIpc) is 2.48. The summed E-state index contributed by atoms with van der Waals surface area (Å²) in [6.07, 6.45) is 0.648. The van der Waals surface area contributed by atoms with Gasteiger partial charge < -0.3 is 15.4 Å². The highest BCUT2D eigenvalue weighted by Gasteiger charge is 2.30. The Morgan fingerprint density at radius 3 is 2.30 bits per heavy atom. The van der Waals surface area contributed by atoms with E-state index in [1.54, 1.807) is 12.1 Å². The number of nitrogens with two attached hydrogens (primary N) is 1. The number of hydrogen-bond donors (Lipinski definition) is 1. The first-order chi connectivity index (χ1) is 9.98. The van der Waals surface area contributed by atoms with Gasteiger partial charge in [-0.05, 0) is 37.7 Å². The number of methoxy groups -OCH3 is 1. The minimum atomic E-state index is -3.53. The van der Waals surface area contributed by atoms with Crippen LogP contribution in [0.5, 0.6) is 5.75 Å². The number of sulfonamides is 1. The highest BCUT2D eigenvalue weighted by Crippen LogP contribution is 2.28. The lowest BCUT2D eigenvalue weighted by Gasteiger charge is -2.31. The van der Waals surface area contributed by atoms with Crippen molar-refractivity contribution in [3.05, 3.63) is 23.8 Å². The van der Waals surface area contributed by atoms with E-state index in [4.69, 9.17) is 10.5 Å². The van der Waals surface area contributed by atoms with E-state index in [2.05, 4.69) is 4.90 Å². The lowest BCUT2D eigenvalue weighted by atomic mass is 10.1. The second-order valence-electron chi connectivity index (χ2n) is 5.23. The second-order valence-corrected chi connectivity index (χ2v) is 7.14. The summed E-state index contributed by atoms with van der Waals surface area (Å²) >= 11 is 0. The summed E-state index contributed by atoms with van der Waals surface area (Å²) in [5.74, 6) is 0.384. The zero-order valence-corrected chi connectivity index (χ0v) is 15.8. The van der Waals surface area contributed by atoms with Gasteiger partial charge >= 0.3 is 0 Å². The Kier molecular flexibility index (Phi) is 9.42. The van der Waals surface area contributed by atoms with E-state index in [-0.39, 0.29) is 29.7 Å². The topological polar surface area (TPSA) is 75.9 Å². The highest BCUT2D eigenvalue weighted by molar-refractivity contribution is 7.89. The molecular weight excluding hydrogens is 361 g/mol. The Labute approximate surface area is 150 Å². The van der Waals surface area contributed by atoms with Crippen LogP contribution in [0.2, 0.25) is 0 Å². The summed E-state index contributed by atoms with van der Waals surface area (Å²) in [5, 5.41) is 0. The number of piperazine rings is 1. The molecule has 1 heterocycles. The molecule has 2 N–H and O–H groups in total. The van der Waals surface area contributed by atoms with Crippen molar-refractivity contribution in [2.75, 3.05) is 46.9 Å². The maximum absolute atomic E-state index is 12.8. The standard InChI is InChI=1S/C14H23N3O3S.2ClH/c1-16-7-9-17(10-8-16)21(18,19)14-11-12(5-6-15)3-4-13(14)20-2;;/h3-4,11H,5-10,15H2,1-2H3;2*1H. The Hall–Kier alpha value is -0.570. The molecular formula is C14H25Cl2N3O3S. The molecule has 134 valence electrons. The Balaban J connectivity index is 0.00000242. The molecule has 0 aromatic heterocycles. The molecule has 1 aromatic rings. The molecule has 0 aliphatic carbocycles. The smallest absolute Gasteiger partial charge is 0.246 e. The van der Waals surface area contributed by atoms with Crippen molar-refractivity contribution in [2.24, 2.45) is 5.73 Å². The molecule has 0 amide bonds. The van der Waals surface area contributed by atoms with Crippen molar-refractivity contribution < 1.29 is 13.2 Å². The van der Waals surface area contributed by atoms with Gasteiger partial charge in [0.25, 0.3) is 0 Å². The minimum Gasteiger partial charge on any atom is -0.495 e. The van der Waals surface area contributed by atoms with Gasteiger partial charge in [-0.2, -0.15) is 4.31 Å². The van der Waals surface area contributed by atoms with Gasteiger partial charge in [0.15, 0.2) is 0 Å². The number of benzene rings is 1. The fourth-order valence-corrected chi connectivity index (χ4v) is 4.04. The molecule has 23 heavy (non-hydrogen) atoms. The van der Waals surface area contributed by atoms with E-state index < -0.39 is 10.0 Å². The average molecular weight is 386 g/mol. The van der Waals surface area contributed by atoms with Crippen molar-refractivity contribution in [1.82, 2.24) is 9.21 Å². The summed E-state index contributed by atoms with van der Waals surface area (Å²) in [4.78, 5) is 2.36. The van der Waals surface area contributed by atoms with Crippen LogP contribution >= 0.6 is 24.8 Å². The van der Waals surface area contributed by atoms with Gasteiger partial charge in [0.05, 0.1) is 7.11 Å². The van der Waals surface area contributed by atoms with Gasteiger partial charge in [-0.1, -0.05) is 6.07 Å². The molecule has 0 saturated carbocycles. The van der Waals surface area contributed by atoms with Crippen molar-refractivity contribution in [2.45, 2.75) is 11.3 Å². The predicted molar refractivity (Wildman–Crippen MR) is 96.5 cm³/mol. The Morgan fingerprint density at radius 1 is 1.17 bits per heavy atom. The molecule has 0 bridgehead atoms. The largest absolute Gasteiger partial charge is 0.495 e. The van der Waals surface area contributed by atoms with E-state index in [1.165, 1.54) is 11.4 Å². The summed E-state index contributed by atoms with van der Waals surface area (Å²) in [5.41, 5.74) is 6.46. The summed E-state index contributed by atoms with van der Waals surface area (Å²) in [6, 6.07) is 5.24. The van der Waals surface area contributed by atoms with E-state index in [0.717, 1.165) is 18.7 Å². The van der Waals surface area contributed by atoms with Crippen molar-refractivity contribution in [3.8, 4) is 5.75 Å². The molecule has 1 aliphatic heterocycles. The lowest BCUT2D eigenvalue weighted by Crippen LogP contribution is -2.47. The highest BCUT2D eigenvalue weighted by atomic mass is 35.5. The molecule has 1 aromatic carbocycles. The summed E-state index contributed by atoms with van der Waals surface area (Å²) in [7, 11) is -0.0487. The van der Waals surface area contributed by atoms with Crippen LogP contribution in [-0.2, 0) is 16.4 Å². The predicted octanol–water partition coefficient (Wildman–Crippen LogP) is 0.976. The third kappa shape index (κ3) is 5.20. The fraction of sp³-hybridized carbons (Fsp3) is 0.571. The first-order valence-corrected chi connectivity index (χ1v) is 8.48. The minimum absolute atomic E-state index is 0. The fourth-order valence-electron chi connectivity index (χ4n) is 2.41. The number of ether oxygens (including phenoxy) is 1. The van der Waals surface area contributed by atoms with Crippen molar-refractivity contribution in [1.29, 1.82) is 0 Å². The van der Waals surface area contributed by atoms with Crippen LogP contribution < -0.4 is 10.5 Å². The van der Waals surface area contributed by atoms with Crippen molar-refractivity contribution in [3.63, 3.8) is 0 Å². The summed E-state index contributed by atoms with van der Waals surface area (Å²) < 4.78 is 32.4. The van der Waals surface area contributed by atoms with E-state index in [1.807, 2.05) is 13.1 Å². The van der Waals surface area contributed by atoms with E-state index in [9.17, 15) is 8.42 Å². The van der Waals surface area contributed by atoms with E-state index >= 15 is 0 Å². The molecule has 0 unspecified atom stereocenters. The molecule has 1 aliphatic rings. The molecule has 0 spiro atoms. The monoisotopic (exact) mass is 385 g/mol. The van der Waals surface area contributed by atoms with E-state index in [0.29, 0.717) is 31.8 Å². The molecule has 1 fully saturated rings. The SMILES string of the molecule is COc1ccc(CCN)cc1S(=O)(=O)N1CCN(C)CC1.Cl.Cl. The molecule has 2 rings (SSSR count). The van der Waals surface area contributed by atoms with Crippen LogP contribution in [0.3, 0.4) is 0 Å². The number of halogens is 2. The quantitative estimate of drug-likeness (QED) is 0.817. The lowest BCUT2D eigenvalue weighted by molar-refractivity contribution is 0.222. The van der Waals surface area contributed by atoms with Gasteiger partial charge in [-0.15, -0.1) is 24.8 Å².